The number of hydrogen-bond donors (Lipinski definition) is 2. The van der Waals surface area contributed by atoms with Crippen LogP contribution in [0, 0.1) is 0 Å². The first kappa shape index (κ1) is 16.7. The van der Waals surface area contributed by atoms with Gasteiger partial charge in [0.25, 0.3) is 5.91 Å². The van der Waals surface area contributed by atoms with Crippen LogP contribution in [0.25, 0.3) is 5.69 Å². The molecule has 0 radical (unpaired) electrons. The molecule has 0 aliphatic carbocycles. The molecular formula is C16H16BrN3O4. The maximum absolute atomic E-state index is 12.5. The van der Waals surface area contributed by atoms with Crippen LogP contribution >= 0.6 is 15.9 Å². The Kier molecular flexibility index (Phi) is 4.68. The van der Waals surface area contributed by atoms with E-state index in [9.17, 15) is 9.59 Å². The number of nitrogens with one attached hydrogen (secondary N) is 1. The Morgan fingerprint density at radius 2 is 2.12 bits per heavy atom. The van der Waals surface area contributed by atoms with Crippen molar-refractivity contribution < 1.29 is 19.4 Å². The molecule has 126 valence electrons. The summed E-state index contributed by atoms with van der Waals surface area (Å²) in [5.74, 6) is -1.32. The van der Waals surface area contributed by atoms with E-state index in [1.807, 2.05) is 24.3 Å². The molecule has 2 N–H and O–H groups in total. The Morgan fingerprint density at radius 1 is 1.38 bits per heavy atom. The molecule has 1 aromatic heterocycles. The highest BCUT2D eigenvalue weighted by Gasteiger charge is 2.39. The number of amides is 1. The fraction of sp³-hybridized carbons (Fsp3) is 0.312. The molecule has 2 heterocycles. The van der Waals surface area contributed by atoms with Gasteiger partial charge >= 0.3 is 5.97 Å². The number of halogens is 1. The van der Waals surface area contributed by atoms with Crippen molar-refractivity contribution >= 4 is 27.8 Å². The highest BCUT2D eigenvalue weighted by atomic mass is 79.9. The van der Waals surface area contributed by atoms with E-state index in [2.05, 4.69) is 26.3 Å². The van der Waals surface area contributed by atoms with Gasteiger partial charge in [-0.15, -0.1) is 0 Å². The molecular weight excluding hydrogens is 378 g/mol. The van der Waals surface area contributed by atoms with E-state index in [0.29, 0.717) is 18.6 Å². The number of carbonyl (C=O) groups is 2. The number of carbonyl (C=O) groups excluding carboxylic acids is 1. The molecule has 1 saturated heterocycles. The van der Waals surface area contributed by atoms with Crippen LogP contribution in [-0.4, -0.2) is 45.5 Å². The van der Waals surface area contributed by atoms with Gasteiger partial charge in [-0.25, -0.2) is 4.68 Å². The summed E-state index contributed by atoms with van der Waals surface area (Å²) in [5.41, 5.74) is 0.332. The first-order valence-corrected chi connectivity index (χ1v) is 8.19. The number of ether oxygens (including phenoxy) is 1. The monoisotopic (exact) mass is 393 g/mol. The molecule has 24 heavy (non-hydrogen) atoms. The quantitative estimate of drug-likeness (QED) is 0.809. The second-order valence-corrected chi connectivity index (χ2v) is 6.67. The van der Waals surface area contributed by atoms with Gasteiger partial charge in [0.2, 0.25) is 0 Å². The first-order valence-electron chi connectivity index (χ1n) is 7.40. The average molecular weight is 394 g/mol. The van der Waals surface area contributed by atoms with Crippen molar-refractivity contribution in [2.45, 2.75) is 18.4 Å². The third kappa shape index (κ3) is 3.65. The predicted octanol–water partition coefficient (Wildman–Crippen LogP) is 2.00. The highest BCUT2D eigenvalue weighted by molar-refractivity contribution is 9.10. The molecule has 1 fully saturated rings. The third-order valence-electron chi connectivity index (χ3n) is 3.91. The number of hydrogen-bond acceptors (Lipinski definition) is 4. The van der Waals surface area contributed by atoms with E-state index in [0.717, 1.165) is 10.2 Å². The standard InChI is InChI=1S/C16H16BrN3O4/c17-12-1-3-13(4-2-12)20-9-11(8-18-20)15(23)19-16(7-14(21)22)5-6-24-10-16/h1-4,8-9H,5-7,10H2,(H,19,23)(H,21,22). The zero-order valence-electron chi connectivity index (χ0n) is 12.7. The Labute approximate surface area is 146 Å². The minimum atomic E-state index is -0.966. The maximum atomic E-state index is 12.5. The molecule has 0 spiro atoms. The SMILES string of the molecule is O=C(O)CC1(NC(=O)c2cnn(-c3ccc(Br)cc3)c2)CCOC1. The average Bonchev–Trinajstić information content (AvgIpc) is 3.17. The summed E-state index contributed by atoms with van der Waals surface area (Å²) in [4.78, 5) is 23.5. The smallest absolute Gasteiger partial charge is 0.305 e. The molecule has 0 saturated carbocycles. The zero-order valence-corrected chi connectivity index (χ0v) is 14.3. The molecule has 1 unspecified atom stereocenters. The molecule has 1 atom stereocenters. The second kappa shape index (κ2) is 6.74. The number of aromatic nitrogens is 2. The van der Waals surface area contributed by atoms with Crippen molar-refractivity contribution in [1.29, 1.82) is 0 Å². The molecule has 1 aliphatic rings. The van der Waals surface area contributed by atoms with Crippen molar-refractivity contribution in [3.05, 3.63) is 46.7 Å². The fourth-order valence-electron chi connectivity index (χ4n) is 2.67. The number of benzene rings is 1. The highest BCUT2D eigenvalue weighted by Crippen LogP contribution is 2.23. The summed E-state index contributed by atoms with van der Waals surface area (Å²) in [6, 6.07) is 7.51. The van der Waals surface area contributed by atoms with Crippen LogP contribution in [0.2, 0.25) is 0 Å². The van der Waals surface area contributed by atoms with Crippen molar-refractivity contribution in [3.63, 3.8) is 0 Å². The largest absolute Gasteiger partial charge is 0.481 e. The van der Waals surface area contributed by atoms with Gasteiger partial charge in [0.15, 0.2) is 0 Å². The zero-order chi connectivity index (χ0) is 17.2. The Hall–Kier alpha value is -2.19. The van der Waals surface area contributed by atoms with Gasteiger partial charge in [-0.2, -0.15) is 5.10 Å². The van der Waals surface area contributed by atoms with E-state index < -0.39 is 11.5 Å². The normalized spacial score (nSPS) is 20.0. The molecule has 1 amide bonds. The van der Waals surface area contributed by atoms with Gasteiger partial charge in [0.05, 0.1) is 36.0 Å². The summed E-state index contributed by atoms with van der Waals surface area (Å²) < 4.78 is 7.83. The van der Waals surface area contributed by atoms with Crippen LogP contribution in [0.5, 0.6) is 0 Å². The van der Waals surface area contributed by atoms with Crippen LogP contribution in [0.1, 0.15) is 23.2 Å². The number of aliphatic carboxylic acids is 1. The van der Waals surface area contributed by atoms with E-state index in [1.54, 1.807) is 10.9 Å². The summed E-state index contributed by atoms with van der Waals surface area (Å²) in [5, 5.41) is 16.1. The molecule has 1 aromatic carbocycles. The van der Waals surface area contributed by atoms with Crippen molar-refractivity contribution in [3.8, 4) is 5.69 Å². The maximum Gasteiger partial charge on any atom is 0.305 e. The number of nitrogens with zero attached hydrogens (tertiary/aromatic N) is 2. The molecule has 8 heteroatoms. The number of rotatable bonds is 5. The van der Waals surface area contributed by atoms with Gasteiger partial charge in [0.1, 0.15) is 0 Å². The summed E-state index contributed by atoms with van der Waals surface area (Å²) in [6.07, 6.45) is 3.38. The van der Waals surface area contributed by atoms with E-state index >= 15 is 0 Å². The van der Waals surface area contributed by atoms with Crippen LogP contribution < -0.4 is 5.32 Å². The lowest BCUT2D eigenvalue weighted by atomic mass is 9.94. The molecule has 1 aliphatic heterocycles. The van der Waals surface area contributed by atoms with Gasteiger partial charge in [-0.1, -0.05) is 15.9 Å². The molecule has 3 rings (SSSR count). The molecule has 7 nitrogen and oxygen atoms in total. The van der Waals surface area contributed by atoms with Crippen LogP contribution in [0.15, 0.2) is 41.1 Å². The number of carboxylic acid groups (broad SMARTS) is 1. The third-order valence-corrected chi connectivity index (χ3v) is 4.44. The molecule has 2 aromatic rings. The van der Waals surface area contributed by atoms with Gasteiger partial charge in [-0.05, 0) is 30.7 Å². The number of carboxylic acids is 1. The van der Waals surface area contributed by atoms with Gasteiger partial charge < -0.3 is 15.2 Å². The summed E-state index contributed by atoms with van der Waals surface area (Å²) in [7, 11) is 0. The molecule has 0 bridgehead atoms. The van der Waals surface area contributed by atoms with Crippen molar-refractivity contribution in [2.24, 2.45) is 0 Å². The summed E-state index contributed by atoms with van der Waals surface area (Å²) >= 11 is 3.37. The first-order chi connectivity index (χ1) is 11.5. The van der Waals surface area contributed by atoms with Crippen LogP contribution in [0.4, 0.5) is 0 Å². The lowest BCUT2D eigenvalue weighted by Gasteiger charge is -2.26. The second-order valence-electron chi connectivity index (χ2n) is 5.76. The Morgan fingerprint density at radius 3 is 2.75 bits per heavy atom. The van der Waals surface area contributed by atoms with Crippen LogP contribution in [-0.2, 0) is 9.53 Å². The van der Waals surface area contributed by atoms with Gasteiger partial charge in [-0.3, -0.25) is 9.59 Å². The van der Waals surface area contributed by atoms with Crippen molar-refractivity contribution in [2.75, 3.05) is 13.2 Å². The Balaban J connectivity index is 1.75. The van der Waals surface area contributed by atoms with Crippen LogP contribution in [0.3, 0.4) is 0 Å². The van der Waals surface area contributed by atoms with Crippen molar-refractivity contribution in [1.82, 2.24) is 15.1 Å². The lowest BCUT2D eigenvalue weighted by molar-refractivity contribution is -0.138. The minimum absolute atomic E-state index is 0.167. The van der Waals surface area contributed by atoms with E-state index in [-0.39, 0.29) is 18.9 Å². The fourth-order valence-corrected chi connectivity index (χ4v) is 2.93. The van der Waals surface area contributed by atoms with E-state index in [1.165, 1.54) is 6.20 Å². The van der Waals surface area contributed by atoms with E-state index in [4.69, 9.17) is 9.84 Å². The minimum Gasteiger partial charge on any atom is -0.481 e. The van der Waals surface area contributed by atoms with Gasteiger partial charge in [0, 0.05) is 17.3 Å². The topological polar surface area (TPSA) is 93.5 Å². The lowest BCUT2D eigenvalue weighted by Crippen LogP contribution is -2.50. The predicted molar refractivity (Wildman–Crippen MR) is 89.2 cm³/mol. The summed E-state index contributed by atoms with van der Waals surface area (Å²) in [6.45, 7) is 0.637. The Bertz CT molecular complexity index is 751.